The van der Waals surface area contributed by atoms with E-state index in [2.05, 4.69) is 5.32 Å². The first-order valence-corrected chi connectivity index (χ1v) is 7.23. The zero-order chi connectivity index (χ0) is 14.5. The first kappa shape index (κ1) is 14.8. The number of nitrogens with two attached hydrogens (primary N) is 1. The molecular formula is C15H20N2O2S. The molecule has 1 aliphatic rings. The second-order valence-electron chi connectivity index (χ2n) is 5.10. The van der Waals surface area contributed by atoms with Gasteiger partial charge in [-0.2, -0.15) is 0 Å². The summed E-state index contributed by atoms with van der Waals surface area (Å²) in [6, 6.07) is 7.63. The molecule has 0 saturated heterocycles. The van der Waals surface area contributed by atoms with E-state index in [0.717, 1.165) is 30.6 Å². The van der Waals surface area contributed by atoms with Gasteiger partial charge in [0.2, 0.25) is 5.91 Å². The lowest BCUT2D eigenvalue weighted by Gasteiger charge is -2.20. The maximum absolute atomic E-state index is 12.2. The maximum atomic E-state index is 12.2. The number of ether oxygens (including phenoxy) is 1. The average Bonchev–Trinajstić information content (AvgIpc) is 2.87. The summed E-state index contributed by atoms with van der Waals surface area (Å²) in [5.41, 5.74) is 6.61. The molecule has 1 saturated carbocycles. The van der Waals surface area contributed by atoms with Gasteiger partial charge in [-0.3, -0.25) is 4.79 Å². The minimum absolute atomic E-state index is 0.0114. The quantitative estimate of drug-likeness (QED) is 0.812. The van der Waals surface area contributed by atoms with Crippen LogP contribution in [-0.2, 0) is 11.2 Å². The fourth-order valence-electron chi connectivity index (χ4n) is 2.75. The van der Waals surface area contributed by atoms with Gasteiger partial charge in [0.15, 0.2) is 0 Å². The molecule has 0 spiro atoms. The van der Waals surface area contributed by atoms with Gasteiger partial charge < -0.3 is 15.8 Å². The van der Waals surface area contributed by atoms with Crippen molar-refractivity contribution in [2.75, 3.05) is 7.11 Å². The number of methoxy groups -OCH3 is 1. The Labute approximate surface area is 124 Å². The molecule has 20 heavy (non-hydrogen) atoms. The molecular weight excluding hydrogens is 272 g/mol. The van der Waals surface area contributed by atoms with Crippen molar-refractivity contribution in [3.8, 4) is 5.75 Å². The van der Waals surface area contributed by atoms with Gasteiger partial charge in [0.25, 0.3) is 0 Å². The van der Waals surface area contributed by atoms with Gasteiger partial charge in [-0.1, -0.05) is 36.8 Å². The summed E-state index contributed by atoms with van der Waals surface area (Å²) >= 11 is 5.06. The number of hydrogen-bond acceptors (Lipinski definition) is 3. The summed E-state index contributed by atoms with van der Waals surface area (Å²) in [6.07, 6.45) is 3.28. The van der Waals surface area contributed by atoms with Crippen molar-refractivity contribution >= 4 is 23.1 Å². The van der Waals surface area contributed by atoms with Gasteiger partial charge in [-0.05, 0) is 18.9 Å². The van der Waals surface area contributed by atoms with Crippen LogP contribution >= 0.6 is 12.2 Å². The molecule has 1 aromatic rings. The van der Waals surface area contributed by atoms with Gasteiger partial charge in [0, 0.05) is 17.5 Å². The number of rotatable bonds is 5. The van der Waals surface area contributed by atoms with Crippen molar-refractivity contribution in [2.24, 2.45) is 11.7 Å². The van der Waals surface area contributed by atoms with Crippen LogP contribution in [0.15, 0.2) is 24.3 Å². The van der Waals surface area contributed by atoms with Crippen molar-refractivity contribution in [1.82, 2.24) is 5.32 Å². The highest BCUT2D eigenvalue weighted by Crippen LogP contribution is 2.26. The summed E-state index contributed by atoms with van der Waals surface area (Å²) < 4.78 is 5.25. The van der Waals surface area contributed by atoms with Gasteiger partial charge in [-0.25, -0.2) is 0 Å². The summed E-state index contributed by atoms with van der Waals surface area (Å²) in [4.78, 5) is 12.7. The van der Waals surface area contributed by atoms with E-state index >= 15 is 0 Å². The smallest absolute Gasteiger partial charge is 0.224 e. The van der Waals surface area contributed by atoms with E-state index in [1.165, 1.54) is 0 Å². The third-order valence-corrected chi connectivity index (χ3v) is 4.07. The predicted molar refractivity (Wildman–Crippen MR) is 82.8 cm³/mol. The molecule has 1 fully saturated rings. The Morgan fingerprint density at radius 3 is 2.90 bits per heavy atom. The summed E-state index contributed by atoms with van der Waals surface area (Å²) in [5.74, 6) is 0.856. The van der Waals surface area contributed by atoms with Gasteiger partial charge in [-0.15, -0.1) is 0 Å². The first-order valence-electron chi connectivity index (χ1n) is 6.82. The highest BCUT2D eigenvalue weighted by molar-refractivity contribution is 7.80. The Morgan fingerprint density at radius 1 is 1.45 bits per heavy atom. The Morgan fingerprint density at radius 2 is 2.20 bits per heavy atom. The summed E-state index contributed by atoms with van der Waals surface area (Å²) in [5, 5.41) is 3.05. The Balaban J connectivity index is 1.97. The zero-order valence-electron chi connectivity index (χ0n) is 11.6. The lowest BCUT2D eigenvalue weighted by atomic mass is 10.0. The van der Waals surface area contributed by atoms with E-state index in [-0.39, 0.29) is 17.9 Å². The molecule has 108 valence electrons. The Kier molecular flexibility index (Phi) is 4.95. The normalized spacial score (nSPS) is 21.4. The average molecular weight is 292 g/mol. The van der Waals surface area contributed by atoms with Crippen LogP contribution in [-0.4, -0.2) is 24.0 Å². The third kappa shape index (κ3) is 3.48. The molecule has 3 N–H and O–H groups in total. The second kappa shape index (κ2) is 6.70. The molecule has 1 aromatic carbocycles. The van der Waals surface area contributed by atoms with Crippen LogP contribution in [0.5, 0.6) is 5.75 Å². The van der Waals surface area contributed by atoms with Crippen molar-refractivity contribution in [2.45, 2.75) is 31.7 Å². The number of amides is 1. The minimum atomic E-state index is -0.0114. The van der Waals surface area contributed by atoms with Gasteiger partial charge in [0.05, 0.1) is 18.5 Å². The van der Waals surface area contributed by atoms with Crippen LogP contribution in [0.3, 0.4) is 0 Å². The largest absolute Gasteiger partial charge is 0.496 e. The van der Waals surface area contributed by atoms with E-state index in [0.29, 0.717) is 11.4 Å². The predicted octanol–water partition coefficient (Wildman–Crippen LogP) is 1.81. The number of carbonyl (C=O) groups is 1. The van der Waals surface area contributed by atoms with Crippen LogP contribution in [0.4, 0.5) is 0 Å². The number of benzene rings is 1. The lowest BCUT2D eigenvalue weighted by Crippen LogP contribution is -2.42. The Bertz CT molecular complexity index is 504. The molecule has 0 aliphatic heterocycles. The fraction of sp³-hybridized carbons (Fsp3) is 0.467. The summed E-state index contributed by atoms with van der Waals surface area (Å²) in [7, 11) is 1.61. The topological polar surface area (TPSA) is 64.3 Å². The van der Waals surface area contributed by atoms with Crippen LogP contribution in [0.25, 0.3) is 0 Å². The van der Waals surface area contributed by atoms with Crippen LogP contribution in [0.2, 0.25) is 0 Å². The lowest BCUT2D eigenvalue weighted by molar-refractivity contribution is -0.121. The SMILES string of the molecule is COc1ccccc1CC(=O)NC1CCCC1C(N)=S. The van der Waals surface area contributed by atoms with Crippen LogP contribution < -0.4 is 15.8 Å². The number of nitrogens with one attached hydrogen (secondary N) is 1. The molecule has 0 radical (unpaired) electrons. The van der Waals surface area contributed by atoms with Gasteiger partial charge >= 0.3 is 0 Å². The van der Waals surface area contributed by atoms with E-state index in [1.54, 1.807) is 7.11 Å². The Hall–Kier alpha value is -1.62. The zero-order valence-corrected chi connectivity index (χ0v) is 12.4. The molecule has 0 aromatic heterocycles. The maximum Gasteiger partial charge on any atom is 0.224 e. The van der Waals surface area contributed by atoms with Crippen LogP contribution in [0.1, 0.15) is 24.8 Å². The molecule has 4 nitrogen and oxygen atoms in total. The standard InChI is InChI=1S/C15H20N2O2S/c1-19-13-8-3-2-5-10(13)9-14(18)17-12-7-4-6-11(12)15(16)20/h2-3,5,8,11-12H,4,6-7,9H2,1H3,(H2,16,20)(H,17,18). The van der Waals surface area contributed by atoms with E-state index in [1.807, 2.05) is 24.3 Å². The number of para-hydroxylation sites is 1. The molecule has 0 heterocycles. The molecule has 2 atom stereocenters. The van der Waals surface area contributed by atoms with Crippen molar-refractivity contribution in [3.63, 3.8) is 0 Å². The monoisotopic (exact) mass is 292 g/mol. The molecule has 0 bridgehead atoms. The fourth-order valence-corrected chi connectivity index (χ4v) is 3.04. The first-order chi connectivity index (χ1) is 9.61. The third-order valence-electron chi connectivity index (χ3n) is 3.77. The molecule has 2 rings (SSSR count). The molecule has 1 aliphatic carbocycles. The minimum Gasteiger partial charge on any atom is -0.496 e. The van der Waals surface area contributed by atoms with Crippen molar-refractivity contribution < 1.29 is 9.53 Å². The number of thiocarbonyl (C=S) groups is 1. The van der Waals surface area contributed by atoms with Crippen molar-refractivity contribution in [3.05, 3.63) is 29.8 Å². The molecule has 2 unspecified atom stereocenters. The van der Waals surface area contributed by atoms with Crippen LogP contribution in [0, 0.1) is 5.92 Å². The number of hydrogen-bond donors (Lipinski definition) is 2. The molecule has 1 amide bonds. The highest BCUT2D eigenvalue weighted by atomic mass is 32.1. The highest BCUT2D eigenvalue weighted by Gasteiger charge is 2.30. The second-order valence-corrected chi connectivity index (χ2v) is 5.57. The van der Waals surface area contributed by atoms with Crippen molar-refractivity contribution in [1.29, 1.82) is 0 Å². The van der Waals surface area contributed by atoms with E-state index in [4.69, 9.17) is 22.7 Å². The van der Waals surface area contributed by atoms with E-state index in [9.17, 15) is 4.79 Å². The van der Waals surface area contributed by atoms with E-state index < -0.39 is 0 Å². The molecule has 5 heteroatoms. The van der Waals surface area contributed by atoms with Gasteiger partial charge in [0.1, 0.15) is 5.75 Å². The summed E-state index contributed by atoms with van der Waals surface area (Å²) in [6.45, 7) is 0. The number of carbonyl (C=O) groups excluding carboxylic acids is 1.